The van der Waals surface area contributed by atoms with Gasteiger partial charge in [0.25, 0.3) is 0 Å². The number of anilines is 2. The lowest BCUT2D eigenvalue weighted by Crippen LogP contribution is -2.10. The minimum Gasteiger partial charge on any atom is -0.412 e. The van der Waals surface area contributed by atoms with Crippen LogP contribution in [0.25, 0.3) is 11.1 Å². The summed E-state index contributed by atoms with van der Waals surface area (Å²) in [5.41, 5.74) is 2.45. The van der Waals surface area contributed by atoms with Crippen molar-refractivity contribution in [2.45, 2.75) is 0 Å². The van der Waals surface area contributed by atoms with Gasteiger partial charge in [0.15, 0.2) is 46.5 Å². The van der Waals surface area contributed by atoms with Crippen LogP contribution in [0.3, 0.4) is 0 Å². The predicted octanol–water partition coefficient (Wildman–Crippen LogP) is 2.81. The summed E-state index contributed by atoms with van der Waals surface area (Å²) in [5.74, 6) is -18.0. The maximum atomic E-state index is 13.7. The number of hydrogen-bond acceptors (Lipinski definition) is 2. The van der Waals surface area contributed by atoms with Gasteiger partial charge < -0.3 is 16.9 Å². The van der Waals surface area contributed by atoms with Gasteiger partial charge in [-0.3, -0.25) is 0 Å². The van der Waals surface area contributed by atoms with Gasteiger partial charge >= 0.3 is 0 Å². The molecule has 126 valence electrons. The van der Waals surface area contributed by atoms with Gasteiger partial charge in [-0.25, -0.2) is 35.1 Å². The molecule has 0 atom stereocenters. The van der Waals surface area contributed by atoms with Crippen molar-refractivity contribution in [3.05, 3.63) is 46.5 Å². The second-order valence-corrected chi connectivity index (χ2v) is 4.09. The predicted molar refractivity (Wildman–Crippen MR) is 64.0 cm³/mol. The molecule has 0 fully saturated rings. The Hall–Kier alpha value is -2.56. The molecule has 2 aromatic carbocycles. The van der Waals surface area contributed by atoms with Gasteiger partial charge in [-0.15, -0.1) is 0 Å². The first-order chi connectivity index (χ1) is 10.1. The summed E-state index contributed by atoms with van der Waals surface area (Å²) in [7, 11) is 0. The van der Waals surface area contributed by atoms with Crippen LogP contribution in [-0.4, -0.2) is 5.48 Å². The molecule has 0 aromatic heterocycles. The summed E-state index contributed by atoms with van der Waals surface area (Å²) in [6.07, 6.45) is 0. The highest BCUT2D eigenvalue weighted by molar-refractivity contribution is 5.73. The van der Waals surface area contributed by atoms with E-state index in [9.17, 15) is 35.1 Å². The van der Waals surface area contributed by atoms with Gasteiger partial charge in [0, 0.05) is 0 Å². The number of halogens is 8. The van der Waals surface area contributed by atoms with Crippen LogP contribution in [0, 0.1) is 46.5 Å². The smallest absolute Gasteiger partial charge is 0.197 e. The Morgan fingerprint density at radius 1 is 0.391 bits per heavy atom. The van der Waals surface area contributed by atoms with Crippen LogP contribution in [0.5, 0.6) is 0 Å². The van der Waals surface area contributed by atoms with Crippen LogP contribution in [0.4, 0.5) is 46.5 Å². The van der Waals surface area contributed by atoms with Gasteiger partial charge in [-0.1, -0.05) is 0 Å². The summed E-state index contributed by atoms with van der Waals surface area (Å²) in [5, 5.41) is 0. The summed E-state index contributed by atoms with van der Waals surface area (Å²) in [6, 6.07) is 0. The zero-order valence-electron chi connectivity index (χ0n) is 10.7. The highest BCUT2D eigenvalue weighted by atomic mass is 19.2. The molecule has 0 saturated carbocycles. The molecule has 0 aliphatic heterocycles. The van der Waals surface area contributed by atoms with E-state index in [1.807, 2.05) is 0 Å². The van der Waals surface area contributed by atoms with Crippen molar-refractivity contribution in [1.29, 1.82) is 0 Å². The molecule has 3 nitrogen and oxygen atoms in total. The van der Waals surface area contributed by atoms with Crippen molar-refractivity contribution in [2.75, 3.05) is 11.5 Å². The van der Waals surface area contributed by atoms with Crippen LogP contribution in [-0.2, 0) is 0 Å². The lowest BCUT2D eigenvalue weighted by Gasteiger charge is -2.13. The molecule has 0 amide bonds. The molecule has 2 rings (SSSR count). The Bertz CT molecular complexity index is 683. The van der Waals surface area contributed by atoms with Crippen LogP contribution < -0.4 is 11.5 Å². The van der Waals surface area contributed by atoms with Crippen molar-refractivity contribution in [2.24, 2.45) is 0 Å². The Balaban J connectivity index is 0.00000264. The van der Waals surface area contributed by atoms with Gasteiger partial charge in [0.1, 0.15) is 11.4 Å². The number of hydrogen-bond donors (Lipinski definition) is 2. The maximum Gasteiger partial charge on any atom is 0.197 e. The van der Waals surface area contributed by atoms with E-state index >= 15 is 0 Å². The third-order valence-electron chi connectivity index (χ3n) is 2.84. The number of nitrogen functional groups attached to an aromatic ring is 2. The van der Waals surface area contributed by atoms with Crippen LogP contribution in [0.2, 0.25) is 0 Å². The number of benzene rings is 2. The van der Waals surface area contributed by atoms with E-state index in [2.05, 4.69) is 0 Å². The molecule has 2 aromatic rings. The summed E-state index contributed by atoms with van der Waals surface area (Å²) in [4.78, 5) is 0. The lowest BCUT2D eigenvalue weighted by molar-refractivity contribution is 0.435. The van der Waals surface area contributed by atoms with E-state index in [1.165, 1.54) is 0 Å². The van der Waals surface area contributed by atoms with E-state index < -0.39 is 69.0 Å². The van der Waals surface area contributed by atoms with Crippen LogP contribution in [0.1, 0.15) is 0 Å². The Labute approximate surface area is 122 Å². The molecule has 0 aliphatic carbocycles. The van der Waals surface area contributed by atoms with E-state index in [4.69, 9.17) is 11.5 Å². The van der Waals surface area contributed by atoms with Crippen molar-refractivity contribution >= 4 is 11.4 Å². The Kier molecular flexibility index (Phi) is 4.75. The van der Waals surface area contributed by atoms with Crippen molar-refractivity contribution < 1.29 is 40.6 Å². The summed E-state index contributed by atoms with van der Waals surface area (Å²) in [6.45, 7) is 0. The van der Waals surface area contributed by atoms with Crippen molar-refractivity contribution in [3.63, 3.8) is 0 Å². The van der Waals surface area contributed by atoms with Gasteiger partial charge in [0.05, 0.1) is 11.1 Å². The molecule has 0 aliphatic rings. The third-order valence-corrected chi connectivity index (χ3v) is 2.84. The number of nitrogens with two attached hydrogens (primary N) is 2. The van der Waals surface area contributed by atoms with Gasteiger partial charge in [-0.2, -0.15) is 0 Å². The average Bonchev–Trinajstić information content (AvgIpc) is 2.50. The quantitative estimate of drug-likeness (QED) is 0.360. The topological polar surface area (TPSA) is 83.5 Å². The standard InChI is InChI=1S/C12H4F8N2.H2O/c13-3-2(6(16)11(21)10(20)7(3)17)1-4(14)8(18)12(22)9(19)5(1)15;/h21-22H2;1H2. The van der Waals surface area contributed by atoms with Crippen molar-refractivity contribution in [3.8, 4) is 11.1 Å². The maximum absolute atomic E-state index is 13.7. The molecule has 0 bridgehead atoms. The van der Waals surface area contributed by atoms with Gasteiger partial charge in [0.2, 0.25) is 0 Å². The zero-order chi connectivity index (χ0) is 16.9. The fraction of sp³-hybridized carbons (Fsp3) is 0. The minimum atomic E-state index is -2.41. The molecule has 6 N–H and O–H groups in total. The Morgan fingerprint density at radius 3 is 1.09 bits per heavy atom. The van der Waals surface area contributed by atoms with E-state index in [0.29, 0.717) is 0 Å². The van der Waals surface area contributed by atoms with Crippen LogP contribution >= 0.6 is 0 Å². The molecular formula is C12H6F8N2O. The second-order valence-electron chi connectivity index (χ2n) is 4.09. The summed E-state index contributed by atoms with van der Waals surface area (Å²) >= 11 is 0. The normalized spacial score (nSPS) is 10.6. The Morgan fingerprint density at radius 2 is 0.652 bits per heavy atom. The highest BCUT2D eigenvalue weighted by Gasteiger charge is 2.32. The third kappa shape index (κ3) is 2.42. The summed E-state index contributed by atoms with van der Waals surface area (Å²) < 4.78 is 108. The van der Waals surface area contributed by atoms with E-state index in [-0.39, 0.29) is 5.48 Å². The molecule has 0 saturated heterocycles. The minimum absolute atomic E-state index is 0. The molecule has 11 heteroatoms. The second kappa shape index (κ2) is 5.91. The first-order valence-corrected chi connectivity index (χ1v) is 5.34. The fourth-order valence-corrected chi connectivity index (χ4v) is 1.74. The van der Waals surface area contributed by atoms with E-state index in [1.54, 1.807) is 0 Å². The SMILES string of the molecule is Nc1c(F)c(F)c(-c2c(F)c(N)c(F)c(F)c2F)c(F)c1F.O. The molecular weight excluding hydrogens is 340 g/mol. The van der Waals surface area contributed by atoms with Crippen LogP contribution in [0.15, 0.2) is 0 Å². The van der Waals surface area contributed by atoms with E-state index in [0.717, 1.165) is 0 Å². The molecule has 0 spiro atoms. The first-order valence-electron chi connectivity index (χ1n) is 5.34. The van der Waals surface area contributed by atoms with Crippen molar-refractivity contribution in [1.82, 2.24) is 0 Å². The fourth-order valence-electron chi connectivity index (χ4n) is 1.74. The molecule has 0 radical (unpaired) electrons. The largest absolute Gasteiger partial charge is 0.412 e. The lowest BCUT2D eigenvalue weighted by atomic mass is 10.00. The highest BCUT2D eigenvalue weighted by Crippen LogP contribution is 2.39. The number of rotatable bonds is 1. The molecule has 0 heterocycles. The first kappa shape index (κ1) is 18.5. The van der Waals surface area contributed by atoms with Gasteiger partial charge in [-0.05, 0) is 0 Å². The zero-order valence-corrected chi connectivity index (χ0v) is 10.7. The monoisotopic (exact) mass is 346 g/mol. The molecule has 23 heavy (non-hydrogen) atoms. The molecule has 0 unspecified atom stereocenters. The average molecular weight is 346 g/mol.